The molecule has 0 bridgehead atoms. The highest BCUT2D eigenvalue weighted by atomic mass is 32.2. The summed E-state index contributed by atoms with van der Waals surface area (Å²) in [6, 6.07) is 7.04. The normalized spacial score (nSPS) is 14.6. The molecule has 2 N–H and O–H groups in total. The van der Waals surface area contributed by atoms with E-state index in [2.05, 4.69) is 10.1 Å². The minimum atomic E-state index is -3.08. The van der Waals surface area contributed by atoms with Crippen LogP contribution >= 0.6 is 11.3 Å². The third kappa shape index (κ3) is 3.92. The average Bonchev–Trinajstić information content (AvgIpc) is 3.27. The van der Waals surface area contributed by atoms with Gasteiger partial charge in [-0.3, -0.25) is 0 Å². The Morgan fingerprint density at radius 3 is 2.71 bits per heavy atom. The van der Waals surface area contributed by atoms with E-state index in [1.165, 1.54) is 6.26 Å². The molecule has 0 saturated heterocycles. The van der Waals surface area contributed by atoms with Crippen LogP contribution in [0.5, 0.6) is 0 Å². The van der Waals surface area contributed by atoms with Gasteiger partial charge in [0, 0.05) is 23.5 Å². The summed E-state index contributed by atoms with van der Waals surface area (Å²) in [4.78, 5) is 5.48. The first kappa shape index (κ1) is 16.9. The van der Waals surface area contributed by atoms with Gasteiger partial charge in [0.1, 0.15) is 15.9 Å². The van der Waals surface area contributed by atoms with Gasteiger partial charge in [-0.05, 0) is 30.0 Å². The van der Waals surface area contributed by atoms with E-state index >= 15 is 0 Å². The van der Waals surface area contributed by atoms with Gasteiger partial charge < -0.3 is 14.8 Å². The van der Waals surface area contributed by atoms with E-state index in [0.29, 0.717) is 5.82 Å². The first-order chi connectivity index (χ1) is 11.4. The van der Waals surface area contributed by atoms with Crippen LogP contribution in [0.3, 0.4) is 0 Å². The topological polar surface area (TPSA) is 104 Å². The summed E-state index contributed by atoms with van der Waals surface area (Å²) >= 11 is 1.60. The van der Waals surface area contributed by atoms with Crippen LogP contribution in [0.2, 0.25) is 0 Å². The Labute approximate surface area is 144 Å². The van der Waals surface area contributed by atoms with E-state index in [9.17, 15) is 8.42 Å². The fourth-order valence-corrected chi connectivity index (χ4v) is 3.86. The SMILES string of the molecule is CS(=O)(=O)CCC(N)c1nc(C(c2cccs2)n2cccc2)no1. The fraction of sp³-hybridized carbons (Fsp3) is 0.333. The highest BCUT2D eigenvalue weighted by molar-refractivity contribution is 7.90. The van der Waals surface area contributed by atoms with Crippen molar-refractivity contribution >= 4 is 21.2 Å². The molecule has 0 aliphatic carbocycles. The number of nitrogens with zero attached hydrogens (tertiary/aromatic N) is 3. The minimum Gasteiger partial charge on any atom is -0.339 e. The molecule has 3 heterocycles. The standard InChI is InChI=1S/C15H18N4O3S2/c1-24(20,21)10-6-11(16)15-17-14(18-22-15)13(12-5-4-9-23-12)19-7-2-3-8-19/h2-5,7-9,11,13H,6,10,16H2,1H3. The lowest BCUT2D eigenvalue weighted by Gasteiger charge is -2.13. The molecule has 2 atom stereocenters. The molecule has 3 aromatic rings. The van der Waals surface area contributed by atoms with Gasteiger partial charge in [0.2, 0.25) is 5.89 Å². The van der Waals surface area contributed by atoms with Gasteiger partial charge in [0.25, 0.3) is 0 Å². The molecule has 3 rings (SSSR count). The second kappa shape index (κ2) is 6.88. The minimum absolute atomic E-state index is 0.0160. The van der Waals surface area contributed by atoms with Crippen molar-refractivity contribution in [2.75, 3.05) is 12.0 Å². The van der Waals surface area contributed by atoms with Gasteiger partial charge in [-0.25, -0.2) is 8.42 Å². The molecule has 3 aromatic heterocycles. The summed E-state index contributed by atoms with van der Waals surface area (Å²) in [5, 5.41) is 6.05. The second-order valence-corrected chi connectivity index (χ2v) is 8.80. The van der Waals surface area contributed by atoms with Gasteiger partial charge in [-0.15, -0.1) is 11.3 Å². The van der Waals surface area contributed by atoms with Crippen LogP contribution in [0, 0.1) is 0 Å². The summed E-state index contributed by atoms with van der Waals surface area (Å²) in [6.45, 7) is 0. The Hall–Kier alpha value is -1.97. The fourth-order valence-electron chi connectivity index (χ4n) is 2.35. The Kier molecular flexibility index (Phi) is 4.83. The zero-order chi connectivity index (χ0) is 17.2. The highest BCUT2D eigenvalue weighted by Crippen LogP contribution is 2.29. The van der Waals surface area contributed by atoms with Crippen molar-refractivity contribution in [1.29, 1.82) is 0 Å². The Bertz CT molecular complexity index is 836. The van der Waals surface area contributed by atoms with Crippen LogP contribution in [0.25, 0.3) is 0 Å². The maximum Gasteiger partial charge on any atom is 0.243 e. The molecule has 24 heavy (non-hydrogen) atoms. The molecule has 0 spiro atoms. The number of hydrogen-bond donors (Lipinski definition) is 1. The van der Waals surface area contributed by atoms with Crippen LogP contribution in [-0.4, -0.2) is 35.1 Å². The average molecular weight is 366 g/mol. The van der Waals surface area contributed by atoms with Crippen molar-refractivity contribution in [2.45, 2.75) is 18.5 Å². The molecule has 7 nitrogen and oxygen atoms in total. The van der Waals surface area contributed by atoms with Crippen LogP contribution in [0.4, 0.5) is 0 Å². The van der Waals surface area contributed by atoms with Crippen molar-refractivity contribution in [3.63, 3.8) is 0 Å². The van der Waals surface area contributed by atoms with E-state index in [1.54, 1.807) is 11.3 Å². The first-order valence-corrected chi connectivity index (χ1v) is 10.3. The monoisotopic (exact) mass is 366 g/mol. The van der Waals surface area contributed by atoms with Crippen molar-refractivity contribution in [3.05, 3.63) is 58.6 Å². The third-order valence-electron chi connectivity index (χ3n) is 3.56. The maximum absolute atomic E-state index is 11.3. The van der Waals surface area contributed by atoms with E-state index < -0.39 is 15.9 Å². The van der Waals surface area contributed by atoms with Crippen LogP contribution < -0.4 is 5.73 Å². The predicted octanol–water partition coefficient (Wildman–Crippen LogP) is 2.00. The van der Waals surface area contributed by atoms with E-state index in [0.717, 1.165) is 4.88 Å². The molecular weight excluding hydrogens is 348 g/mol. The number of rotatable bonds is 7. The highest BCUT2D eigenvalue weighted by Gasteiger charge is 2.24. The van der Waals surface area contributed by atoms with Crippen molar-refractivity contribution in [1.82, 2.24) is 14.7 Å². The van der Waals surface area contributed by atoms with E-state index in [4.69, 9.17) is 10.3 Å². The quantitative estimate of drug-likeness (QED) is 0.686. The number of hydrogen-bond acceptors (Lipinski definition) is 7. The number of nitrogens with two attached hydrogens (primary N) is 1. The van der Waals surface area contributed by atoms with E-state index in [-0.39, 0.29) is 24.1 Å². The molecule has 9 heteroatoms. The first-order valence-electron chi connectivity index (χ1n) is 7.37. The van der Waals surface area contributed by atoms with Gasteiger partial charge >= 0.3 is 0 Å². The van der Waals surface area contributed by atoms with E-state index in [1.807, 2.05) is 46.6 Å². The zero-order valence-electron chi connectivity index (χ0n) is 13.1. The van der Waals surface area contributed by atoms with Crippen LogP contribution in [-0.2, 0) is 9.84 Å². The van der Waals surface area contributed by atoms with Gasteiger partial charge in [0.05, 0.1) is 11.8 Å². The third-order valence-corrected chi connectivity index (χ3v) is 5.46. The molecule has 2 unspecified atom stereocenters. The number of sulfone groups is 1. The number of thiophene rings is 1. The molecule has 0 saturated carbocycles. The van der Waals surface area contributed by atoms with Gasteiger partial charge in [-0.2, -0.15) is 4.98 Å². The van der Waals surface area contributed by atoms with Crippen LogP contribution in [0.15, 0.2) is 46.6 Å². The summed E-state index contributed by atoms with van der Waals surface area (Å²) in [5.74, 6) is 0.735. The molecule has 128 valence electrons. The van der Waals surface area contributed by atoms with Gasteiger partial charge in [0.15, 0.2) is 5.82 Å². The lowest BCUT2D eigenvalue weighted by Crippen LogP contribution is -2.16. The zero-order valence-corrected chi connectivity index (χ0v) is 14.7. The summed E-state index contributed by atoms with van der Waals surface area (Å²) in [5.41, 5.74) is 5.99. The molecule has 0 aromatic carbocycles. The van der Waals surface area contributed by atoms with Crippen LogP contribution in [0.1, 0.15) is 35.1 Å². The molecular formula is C15H18N4O3S2. The molecule has 0 aliphatic rings. The molecule has 0 aliphatic heterocycles. The summed E-state index contributed by atoms with van der Waals surface area (Å²) in [6.07, 6.45) is 5.29. The summed E-state index contributed by atoms with van der Waals surface area (Å²) < 4.78 is 29.8. The Balaban J connectivity index is 1.84. The number of aromatic nitrogens is 3. The predicted molar refractivity (Wildman–Crippen MR) is 91.5 cm³/mol. The lowest BCUT2D eigenvalue weighted by molar-refractivity contribution is 0.346. The van der Waals surface area contributed by atoms with Gasteiger partial charge in [-0.1, -0.05) is 11.2 Å². The second-order valence-electron chi connectivity index (χ2n) is 5.56. The Morgan fingerprint density at radius 1 is 1.33 bits per heavy atom. The largest absolute Gasteiger partial charge is 0.339 e. The smallest absolute Gasteiger partial charge is 0.243 e. The lowest BCUT2D eigenvalue weighted by atomic mass is 10.2. The Morgan fingerprint density at radius 2 is 2.08 bits per heavy atom. The summed E-state index contributed by atoms with van der Waals surface area (Å²) in [7, 11) is -3.08. The maximum atomic E-state index is 11.3. The van der Waals surface area contributed by atoms with Crippen molar-refractivity contribution < 1.29 is 12.9 Å². The van der Waals surface area contributed by atoms with Crippen molar-refractivity contribution in [2.24, 2.45) is 5.73 Å². The molecule has 0 amide bonds. The molecule has 0 radical (unpaired) electrons. The molecule has 0 fully saturated rings. The van der Waals surface area contributed by atoms with Crippen molar-refractivity contribution in [3.8, 4) is 0 Å².